The lowest BCUT2D eigenvalue weighted by atomic mass is 9.90. The van der Waals surface area contributed by atoms with Gasteiger partial charge in [0, 0.05) is 72.9 Å². The summed E-state index contributed by atoms with van der Waals surface area (Å²) in [6, 6.07) is 23.8. The van der Waals surface area contributed by atoms with Crippen molar-refractivity contribution in [1.29, 1.82) is 0 Å². The molecule has 3 aromatic carbocycles. The van der Waals surface area contributed by atoms with Crippen molar-refractivity contribution in [2.75, 3.05) is 13.1 Å². The highest BCUT2D eigenvalue weighted by molar-refractivity contribution is 7.89. The lowest BCUT2D eigenvalue weighted by Crippen LogP contribution is -2.38. The molecule has 0 saturated carbocycles. The molecule has 182 valence electrons. The number of hydrogen-bond donors (Lipinski definition) is 0. The predicted molar refractivity (Wildman–Crippen MR) is 146 cm³/mol. The van der Waals surface area contributed by atoms with E-state index < -0.39 is 10.0 Å². The number of rotatable bonds is 4. The molecule has 6 heteroatoms. The lowest BCUT2D eigenvalue weighted by molar-refractivity contribution is 0.424. The minimum Gasteiger partial charge on any atom is -0.350 e. The first kappa shape index (κ1) is 22.8. The smallest absolute Gasteiger partial charge is 0.243 e. The molecule has 0 bridgehead atoms. The van der Waals surface area contributed by atoms with Crippen molar-refractivity contribution in [3.8, 4) is 0 Å². The summed E-state index contributed by atoms with van der Waals surface area (Å²) < 4.78 is 33.7. The summed E-state index contributed by atoms with van der Waals surface area (Å²) in [5.41, 5.74) is 6.58. The summed E-state index contributed by atoms with van der Waals surface area (Å²) in [5.74, 6) is -0.0703. The summed E-state index contributed by atoms with van der Waals surface area (Å²) >= 11 is 0. The molecule has 3 heterocycles. The van der Waals surface area contributed by atoms with Crippen LogP contribution in [0.5, 0.6) is 0 Å². The van der Waals surface area contributed by atoms with Crippen LogP contribution in [0, 0.1) is 6.92 Å². The van der Waals surface area contributed by atoms with Gasteiger partial charge in [-0.05, 0) is 42.3 Å². The van der Waals surface area contributed by atoms with E-state index in [4.69, 9.17) is 0 Å². The quantitative estimate of drug-likeness (QED) is 0.314. The average molecular weight is 496 g/mol. The molecule has 0 amide bonds. The molecular weight excluding hydrogens is 466 g/mol. The zero-order chi connectivity index (χ0) is 25.0. The zero-order valence-electron chi connectivity index (χ0n) is 20.7. The monoisotopic (exact) mass is 495 g/mol. The van der Waals surface area contributed by atoms with Crippen LogP contribution >= 0.6 is 0 Å². The average Bonchev–Trinajstić information content (AvgIpc) is 3.41. The Morgan fingerprint density at radius 3 is 2.11 bits per heavy atom. The van der Waals surface area contributed by atoms with E-state index in [0.29, 0.717) is 18.0 Å². The molecule has 0 radical (unpaired) electrons. The summed E-state index contributed by atoms with van der Waals surface area (Å²) in [4.78, 5) is 0.337. The zero-order valence-corrected chi connectivity index (χ0v) is 21.5. The Bertz CT molecular complexity index is 1740. The molecule has 36 heavy (non-hydrogen) atoms. The van der Waals surface area contributed by atoms with Gasteiger partial charge in [0.2, 0.25) is 10.0 Å². The Morgan fingerprint density at radius 1 is 0.778 bits per heavy atom. The Kier molecular flexibility index (Phi) is 5.39. The number of aryl methyl sites for hydroxylation is 3. The second-order valence-electron chi connectivity index (χ2n) is 9.79. The molecular formula is C30H29N3O2S. The molecule has 5 aromatic rings. The van der Waals surface area contributed by atoms with Crippen molar-refractivity contribution in [1.82, 2.24) is 13.4 Å². The van der Waals surface area contributed by atoms with Gasteiger partial charge in [0.05, 0.1) is 4.90 Å². The van der Waals surface area contributed by atoms with E-state index in [2.05, 4.69) is 51.9 Å². The minimum absolute atomic E-state index is 0.0703. The van der Waals surface area contributed by atoms with Gasteiger partial charge in [0.15, 0.2) is 0 Å². The van der Waals surface area contributed by atoms with Gasteiger partial charge in [-0.2, -0.15) is 4.31 Å². The van der Waals surface area contributed by atoms with Gasteiger partial charge in [-0.1, -0.05) is 60.2 Å². The van der Waals surface area contributed by atoms with Gasteiger partial charge in [-0.25, -0.2) is 8.42 Å². The number of para-hydroxylation sites is 2. The fraction of sp³-hybridized carbons (Fsp3) is 0.200. The first-order valence-corrected chi connectivity index (χ1v) is 13.6. The van der Waals surface area contributed by atoms with Gasteiger partial charge in [0.25, 0.3) is 0 Å². The van der Waals surface area contributed by atoms with Crippen LogP contribution in [0.15, 0.2) is 96.2 Å². The van der Waals surface area contributed by atoms with Gasteiger partial charge < -0.3 is 9.13 Å². The van der Waals surface area contributed by atoms with E-state index in [0.717, 1.165) is 44.1 Å². The van der Waals surface area contributed by atoms with Crippen LogP contribution in [-0.4, -0.2) is 34.9 Å². The number of aromatic nitrogens is 2. The Hall–Kier alpha value is -3.61. The highest BCUT2D eigenvalue weighted by atomic mass is 32.2. The third-order valence-corrected chi connectivity index (χ3v) is 9.20. The predicted octanol–water partition coefficient (Wildman–Crippen LogP) is 5.85. The number of hydrogen-bond acceptors (Lipinski definition) is 2. The van der Waals surface area contributed by atoms with E-state index in [-0.39, 0.29) is 5.92 Å². The van der Waals surface area contributed by atoms with Crippen LogP contribution in [0.25, 0.3) is 27.4 Å². The van der Waals surface area contributed by atoms with Crippen LogP contribution in [0.2, 0.25) is 0 Å². The lowest BCUT2D eigenvalue weighted by Gasteiger charge is -2.31. The molecule has 2 aromatic heterocycles. The molecule has 0 saturated heterocycles. The van der Waals surface area contributed by atoms with Crippen LogP contribution in [-0.2, 0) is 24.1 Å². The first-order chi connectivity index (χ1) is 17.3. The Labute approximate surface area is 211 Å². The SMILES string of the molecule is Cc1ccc(S(=O)(=O)N2CC(c3cn(C)c4ccccc34)=C[C@H](c3cn(C)c4ccccc34)C2)cc1. The highest BCUT2D eigenvalue weighted by Gasteiger charge is 2.33. The van der Waals surface area contributed by atoms with Crippen molar-refractivity contribution in [3.63, 3.8) is 0 Å². The van der Waals surface area contributed by atoms with Crippen molar-refractivity contribution in [3.05, 3.63) is 108 Å². The van der Waals surface area contributed by atoms with E-state index in [1.165, 1.54) is 0 Å². The maximum absolute atomic E-state index is 13.9. The van der Waals surface area contributed by atoms with E-state index in [1.807, 2.05) is 57.4 Å². The highest BCUT2D eigenvalue weighted by Crippen LogP contribution is 2.38. The second kappa shape index (κ2) is 8.50. The van der Waals surface area contributed by atoms with Crippen LogP contribution in [0.1, 0.15) is 22.6 Å². The number of benzene rings is 3. The van der Waals surface area contributed by atoms with Gasteiger partial charge >= 0.3 is 0 Å². The fourth-order valence-electron chi connectivity index (χ4n) is 5.49. The van der Waals surface area contributed by atoms with E-state index >= 15 is 0 Å². The Morgan fingerprint density at radius 2 is 1.39 bits per heavy atom. The Balaban J connectivity index is 1.52. The fourth-order valence-corrected chi connectivity index (χ4v) is 6.94. The number of nitrogens with zero attached hydrogens (tertiary/aromatic N) is 3. The molecule has 0 fully saturated rings. The van der Waals surface area contributed by atoms with E-state index in [9.17, 15) is 8.42 Å². The summed E-state index contributed by atoms with van der Waals surface area (Å²) in [6.07, 6.45) is 6.55. The summed E-state index contributed by atoms with van der Waals surface area (Å²) in [5, 5.41) is 2.30. The van der Waals surface area contributed by atoms with Gasteiger partial charge in [0.1, 0.15) is 0 Å². The summed E-state index contributed by atoms with van der Waals surface area (Å²) in [7, 11) is 0.412. The molecule has 0 spiro atoms. The summed E-state index contributed by atoms with van der Waals surface area (Å²) in [6.45, 7) is 2.71. The number of fused-ring (bicyclic) bond motifs is 2. The molecule has 0 unspecified atom stereocenters. The van der Waals surface area contributed by atoms with Crippen molar-refractivity contribution < 1.29 is 8.42 Å². The van der Waals surface area contributed by atoms with Crippen molar-refractivity contribution in [2.24, 2.45) is 14.1 Å². The molecule has 6 rings (SSSR count). The van der Waals surface area contributed by atoms with Crippen molar-refractivity contribution in [2.45, 2.75) is 17.7 Å². The largest absolute Gasteiger partial charge is 0.350 e. The van der Waals surface area contributed by atoms with Crippen LogP contribution in [0.4, 0.5) is 0 Å². The van der Waals surface area contributed by atoms with Gasteiger partial charge in [-0.3, -0.25) is 0 Å². The molecule has 0 aliphatic carbocycles. The molecule has 5 nitrogen and oxygen atoms in total. The standard InChI is InChI=1S/C30H29N3O2S/c1-21-12-14-24(15-13-21)36(34,35)33-17-22(27-19-31(2)29-10-6-4-8-25(27)29)16-23(18-33)28-20-32(3)30-11-7-5-9-26(28)30/h4-16,19-20,22H,17-18H2,1-3H3/t22-/m0/s1. The number of sulfonamides is 1. The third-order valence-electron chi connectivity index (χ3n) is 7.38. The van der Waals surface area contributed by atoms with Gasteiger partial charge in [-0.15, -0.1) is 0 Å². The molecule has 1 atom stereocenters. The maximum Gasteiger partial charge on any atom is 0.243 e. The molecule has 0 N–H and O–H groups in total. The minimum atomic E-state index is -3.67. The maximum atomic E-state index is 13.9. The second-order valence-corrected chi connectivity index (χ2v) is 11.7. The third kappa shape index (κ3) is 3.69. The van der Waals surface area contributed by atoms with Crippen LogP contribution < -0.4 is 0 Å². The van der Waals surface area contributed by atoms with Crippen molar-refractivity contribution >= 4 is 37.4 Å². The first-order valence-electron chi connectivity index (χ1n) is 12.2. The topological polar surface area (TPSA) is 47.2 Å². The van der Waals surface area contributed by atoms with E-state index in [1.54, 1.807) is 16.4 Å². The normalized spacial score (nSPS) is 17.1. The molecule has 1 aliphatic heterocycles. The molecule has 1 aliphatic rings. The van der Waals surface area contributed by atoms with Crippen LogP contribution in [0.3, 0.4) is 0 Å².